The maximum absolute atomic E-state index is 12.0. The molecule has 0 saturated carbocycles. The number of halogens is 1. The number of sulfonamides is 1. The molecule has 1 heterocycles. The number of aromatic nitrogens is 2. The molecule has 2 aromatic rings. The molecule has 2 rings (SSSR count). The van der Waals surface area contributed by atoms with Crippen molar-refractivity contribution in [2.45, 2.75) is 24.2 Å². The first kappa shape index (κ1) is 20.7. The molecule has 1 aromatic heterocycles. The van der Waals surface area contributed by atoms with Gasteiger partial charge in [0.05, 0.1) is 11.2 Å². The Balaban J connectivity index is 1.62. The lowest BCUT2D eigenvalue weighted by molar-refractivity contribution is -0.121. The number of carbonyl (C=O) groups is 2. The predicted octanol–water partition coefficient (Wildman–Crippen LogP) is 1.19. The average molecular weight is 414 g/mol. The van der Waals surface area contributed by atoms with Gasteiger partial charge in [-0.15, -0.1) is 0 Å². The van der Waals surface area contributed by atoms with Crippen LogP contribution in [0.5, 0.6) is 0 Å². The van der Waals surface area contributed by atoms with E-state index in [1.165, 1.54) is 24.3 Å². The Hall–Kier alpha value is -2.59. The largest absolute Gasteiger partial charge is 0.356 e. The first-order valence-corrected chi connectivity index (χ1v) is 10.0. The Kier molecular flexibility index (Phi) is 7.62. The molecule has 0 fully saturated rings. The van der Waals surface area contributed by atoms with Crippen LogP contribution in [0.1, 0.15) is 18.5 Å². The molecule has 0 atom stereocenters. The van der Waals surface area contributed by atoms with Crippen LogP contribution >= 0.6 is 11.6 Å². The van der Waals surface area contributed by atoms with E-state index in [9.17, 15) is 18.0 Å². The van der Waals surface area contributed by atoms with Crippen LogP contribution in [0.3, 0.4) is 0 Å². The second-order valence-electron chi connectivity index (χ2n) is 5.60. The highest BCUT2D eigenvalue weighted by Gasteiger charge is 2.17. The van der Waals surface area contributed by atoms with Crippen molar-refractivity contribution in [1.82, 2.24) is 25.3 Å². The van der Waals surface area contributed by atoms with Gasteiger partial charge in [0, 0.05) is 42.8 Å². The highest BCUT2D eigenvalue weighted by atomic mass is 35.5. The zero-order valence-electron chi connectivity index (χ0n) is 14.4. The number of nitrogens with zero attached hydrogens (tertiary/aromatic N) is 1. The van der Waals surface area contributed by atoms with Crippen molar-refractivity contribution in [3.63, 3.8) is 0 Å². The van der Waals surface area contributed by atoms with Gasteiger partial charge >= 0.3 is 6.03 Å². The summed E-state index contributed by atoms with van der Waals surface area (Å²) in [5, 5.41) is 5.55. The molecule has 146 valence electrons. The van der Waals surface area contributed by atoms with Crippen molar-refractivity contribution in [3.8, 4) is 0 Å². The number of imidazole rings is 1. The van der Waals surface area contributed by atoms with Gasteiger partial charge in [-0.2, -0.15) is 0 Å². The van der Waals surface area contributed by atoms with E-state index >= 15 is 0 Å². The van der Waals surface area contributed by atoms with Crippen molar-refractivity contribution in [2.24, 2.45) is 0 Å². The van der Waals surface area contributed by atoms with E-state index in [2.05, 4.69) is 20.6 Å². The second-order valence-corrected chi connectivity index (χ2v) is 7.71. The predicted molar refractivity (Wildman–Crippen MR) is 99.7 cm³/mol. The number of nitrogens with one attached hydrogen (secondary N) is 4. The number of benzene rings is 1. The van der Waals surface area contributed by atoms with Crippen LogP contribution in [-0.4, -0.2) is 43.4 Å². The number of aromatic amines is 1. The SMILES string of the molecule is O=C(CCCNC(=O)NS(=O)(=O)c1ccc(Cl)cc1)NCCc1cnc[nH]1. The van der Waals surface area contributed by atoms with Crippen LogP contribution in [0.4, 0.5) is 4.79 Å². The first-order valence-electron chi connectivity index (χ1n) is 8.17. The van der Waals surface area contributed by atoms with Gasteiger partial charge in [-0.3, -0.25) is 4.79 Å². The number of H-pyrrole nitrogens is 1. The minimum absolute atomic E-state index is 0.0707. The summed E-state index contributed by atoms with van der Waals surface area (Å²) in [5.41, 5.74) is 0.926. The maximum atomic E-state index is 12.0. The van der Waals surface area contributed by atoms with Crippen LogP contribution in [-0.2, 0) is 21.2 Å². The molecule has 0 aliphatic carbocycles. The first-order chi connectivity index (χ1) is 12.9. The number of carbonyl (C=O) groups excluding carboxylic acids is 2. The van der Waals surface area contributed by atoms with Crippen molar-refractivity contribution in [2.75, 3.05) is 13.1 Å². The molecule has 11 heteroatoms. The molecule has 1 aromatic carbocycles. The molecule has 0 aliphatic rings. The molecule has 0 saturated heterocycles. The number of urea groups is 1. The van der Waals surface area contributed by atoms with Crippen LogP contribution in [0.25, 0.3) is 0 Å². The maximum Gasteiger partial charge on any atom is 0.328 e. The Morgan fingerprint density at radius 1 is 1.11 bits per heavy atom. The molecule has 0 spiro atoms. The molecule has 0 unspecified atom stereocenters. The fourth-order valence-electron chi connectivity index (χ4n) is 2.13. The number of rotatable bonds is 9. The van der Waals surface area contributed by atoms with E-state index in [0.29, 0.717) is 24.4 Å². The average Bonchev–Trinajstić information content (AvgIpc) is 3.12. The quantitative estimate of drug-likeness (QED) is 0.458. The molecule has 0 bridgehead atoms. The van der Waals surface area contributed by atoms with Crippen molar-refractivity contribution >= 4 is 33.6 Å². The zero-order valence-corrected chi connectivity index (χ0v) is 15.9. The van der Waals surface area contributed by atoms with Crippen LogP contribution < -0.4 is 15.4 Å². The Morgan fingerprint density at radius 2 is 1.85 bits per heavy atom. The lowest BCUT2D eigenvalue weighted by atomic mass is 10.3. The minimum Gasteiger partial charge on any atom is -0.356 e. The van der Waals surface area contributed by atoms with Crippen molar-refractivity contribution in [3.05, 3.63) is 47.5 Å². The van der Waals surface area contributed by atoms with Gasteiger partial charge in [-0.05, 0) is 30.7 Å². The van der Waals surface area contributed by atoms with Gasteiger partial charge in [0.15, 0.2) is 0 Å². The van der Waals surface area contributed by atoms with E-state index in [4.69, 9.17) is 11.6 Å². The fraction of sp³-hybridized carbons (Fsp3) is 0.312. The Labute approximate surface area is 162 Å². The van der Waals surface area contributed by atoms with Gasteiger partial charge in [0.1, 0.15) is 0 Å². The van der Waals surface area contributed by atoms with Gasteiger partial charge in [-0.1, -0.05) is 11.6 Å². The summed E-state index contributed by atoms with van der Waals surface area (Å²) >= 11 is 5.70. The molecule has 0 aliphatic heterocycles. The second kappa shape index (κ2) is 9.93. The lowest BCUT2D eigenvalue weighted by Crippen LogP contribution is -2.40. The van der Waals surface area contributed by atoms with E-state index in [-0.39, 0.29) is 23.8 Å². The van der Waals surface area contributed by atoms with E-state index in [0.717, 1.165) is 5.69 Å². The van der Waals surface area contributed by atoms with Crippen molar-refractivity contribution in [1.29, 1.82) is 0 Å². The number of hydrogen-bond donors (Lipinski definition) is 4. The van der Waals surface area contributed by atoms with Gasteiger partial charge in [0.2, 0.25) is 5.91 Å². The Bertz CT molecular complexity index is 853. The smallest absolute Gasteiger partial charge is 0.328 e. The third kappa shape index (κ3) is 7.27. The topological polar surface area (TPSA) is 133 Å². The summed E-state index contributed by atoms with van der Waals surface area (Å²) in [6, 6.07) is 4.57. The molecule has 9 nitrogen and oxygen atoms in total. The molecule has 4 N–H and O–H groups in total. The van der Waals surface area contributed by atoms with Gasteiger partial charge in [0.25, 0.3) is 10.0 Å². The molecular weight excluding hydrogens is 394 g/mol. The summed E-state index contributed by atoms with van der Waals surface area (Å²) in [5.74, 6) is -0.148. The molecule has 0 radical (unpaired) electrons. The molecule has 3 amide bonds. The molecular formula is C16H20ClN5O4S. The zero-order chi connectivity index (χ0) is 19.7. The van der Waals surface area contributed by atoms with Crippen LogP contribution in [0.2, 0.25) is 5.02 Å². The minimum atomic E-state index is -3.97. The van der Waals surface area contributed by atoms with Crippen LogP contribution in [0.15, 0.2) is 41.7 Å². The van der Waals surface area contributed by atoms with Gasteiger partial charge < -0.3 is 15.6 Å². The molecule has 27 heavy (non-hydrogen) atoms. The van der Waals surface area contributed by atoms with Gasteiger partial charge in [-0.25, -0.2) is 22.9 Å². The highest BCUT2D eigenvalue weighted by Crippen LogP contribution is 2.13. The highest BCUT2D eigenvalue weighted by molar-refractivity contribution is 7.90. The third-order valence-electron chi connectivity index (χ3n) is 3.49. The van der Waals surface area contributed by atoms with E-state index in [1.807, 2.05) is 4.72 Å². The fourth-order valence-corrected chi connectivity index (χ4v) is 3.18. The normalized spacial score (nSPS) is 11.0. The van der Waals surface area contributed by atoms with Crippen molar-refractivity contribution < 1.29 is 18.0 Å². The summed E-state index contributed by atoms with van der Waals surface area (Å²) < 4.78 is 25.9. The monoisotopic (exact) mass is 413 g/mol. The van der Waals surface area contributed by atoms with Crippen LogP contribution in [0, 0.1) is 0 Å². The third-order valence-corrected chi connectivity index (χ3v) is 5.09. The lowest BCUT2D eigenvalue weighted by Gasteiger charge is -2.09. The summed E-state index contributed by atoms with van der Waals surface area (Å²) in [7, 11) is -3.97. The van der Waals surface area contributed by atoms with E-state index < -0.39 is 16.1 Å². The summed E-state index contributed by atoms with van der Waals surface area (Å²) in [6.45, 7) is 0.643. The summed E-state index contributed by atoms with van der Waals surface area (Å²) in [6.07, 6.45) is 4.50. The Morgan fingerprint density at radius 3 is 2.52 bits per heavy atom. The summed E-state index contributed by atoms with van der Waals surface area (Å²) in [4.78, 5) is 30.1. The number of amides is 3. The number of hydrogen-bond acceptors (Lipinski definition) is 5. The standard InChI is InChI=1S/C16H20ClN5O4S/c17-12-3-5-14(6-4-12)27(25,26)22-16(24)20-8-1-2-15(23)19-9-7-13-10-18-11-21-13/h3-6,10-11H,1-2,7-9H2,(H,18,21)(H,19,23)(H2,20,22,24). The van der Waals surface area contributed by atoms with E-state index in [1.54, 1.807) is 12.5 Å².